The molecule has 56 heavy (non-hydrogen) atoms. The zero-order valence-electron chi connectivity index (χ0n) is 36.9. The second-order valence-corrected chi connectivity index (χ2v) is 20.5. The molecule has 5 rings (SSSR count). The predicted molar refractivity (Wildman–Crippen MR) is 226 cm³/mol. The van der Waals surface area contributed by atoms with Crippen molar-refractivity contribution in [1.29, 1.82) is 0 Å². The number of ether oxygens (including phenoxy) is 3. The number of aliphatic hydroxyl groups is 3. The van der Waals surface area contributed by atoms with Crippen molar-refractivity contribution in [2.24, 2.45) is 46.3 Å². The molecule has 4 fully saturated rings. The van der Waals surface area contributed by atoms with Gasteiger partial charge in [0.15, 0.2) is 6.29 Å². The van der Waals surface area contributed by atoms with Gasteiger partial charge in [0.05, 0.1) is 6.10 Å². The van der Waals surface area contributed by atoms with Gasteiger partial charge in [-0.05, 0) is 104 Å². The molecule has 5 aliphatic rings. The molecule has 4 aliphatic carbocycles. The van der Waals surface area contributed by atoms with Crippen molar-refractivity contribution in [3.63, 3.8) is 0 Å². The van der Waals surface area contributed by atoms with E-state index in [9.17, 15) is 20.1 Å². The first-order chi connectivity index (χ1) is 26.9. The first-order valence-corrected chi connectivity index (χ1v) is 24.1. The summed E-state index contributed by atoms with van der Waals surface area (Å²) in [6.07, 6.45) is 26.2. The highest BCUT2D eigenvalue weighted by Gasteiger charge is 2.59. The molecule has 0 aromatic carbocycles. The van der Waals surface area contributed by atoms with Crippen molar-refractivity contribution < 1.29 is 34.3 Å². The van der Waals surface area contributed by atoms with Gasteiger partial charge in [-0.1, -0.05) is 150 Å². The van der Waals surface area contributed by atoms with Crippen LogP contribution in [0, 0.1) is 46.3 Å². The van der Waals surface area contributed by atoms with Crippen molar-refractivity contribution in [2.45, 2.75) is 239 Å². The molecule has 7 heteroatoms. The summed E-state index contributed by atoms with van der Waals surface area (Å²) in [5, 5.41) is 32.4. The maximum absolute atomic E-state index is 12.6. The van der Waals surface area contributed by atoms with Crippen LogP contribution in [-0.4, -0.2) is 64.7 Å². The highest BCUT2D eigenvalue weighted by atomic mass is 16.7. The Kier molecular flexibility index (Phi) is 18.1. The largest absolute Gasteiger partial charge is 0.463 e. The Morgan fingerprint density at radius 2 is 1.45 bits per heavy atom. The number of fused-ring (bicyclic) bond motifs is 5. The molecule has 0 spiro atoms. The van der Waals surface area contributed by atoms with E-state index in [4.69, 9.17) is 14.2 Å². The fourth-order valence-electron chi connectivity index (χ4n) is 12.7. The van der Waals surface area contributed by atoms with Crippen LogP contribution in [0.1, 0.15) is 202 Å². The molecule has 3 N–H and O–H groups in total. The number of carbonyl (C=O) groups excluding carboxylic acids is 1. The third-order valence-corrected chi connectivity index (χ3v) is 16.1. The average Bonchev–Trinajstić information content (AvgIpc) is 3.53. The number of carbonyl (C=O) groups is 1. The molecule has 3 saturated carbocycles. The van der Waals surface area contributed by atoms with Gasteiger partial charge in [0.1, 0.15) is 31.0 Å². The summed E-state index contributed by atoms with van der Waals surface area (Å²) in [6, 6.07) is 0. The van der Waals surface area contributed by atoms with Gasteiger partial charge >= 0.3 is 5.97 Å². The Balaban J connectivity index is 1.03. The van der Waals surface area contributed by atoms with Crippen molar-refractivity contribution in [3.8, 4) is 0 Å². The highest BCUT2D eigenvalue weighted by Crippen LogP contribution is 2.67. The van der Waals surface area contributed by atoms with Crippen molar-refractivity contribution in [3.05, 3.63) is 11.6 Å². The van der Waals surface area contributed by atoms with E-state index in [0.717, 1.165) is 74.5 Å². The third-order valence-electron chi connectivity index (χ3n) is 16.1. The second kappa shape index (κ2) is 22.0. The number of unbranched alkanes of at least 4 members (excludes halogenated alkanes) is 12. The van der Waals surface area contributed by atoms with Crippen LogP contribution in [0.2, 0.25) is 0 Å². The van der Waals surface area contributed by atoms with Crippen molar-refractivity contribution in [1.82, 2.24) is 0 Å². The van der Waals surface area contributed by atoms with E-state index in [1.165, 1.54) is 115 Å². The molecule has 1 saturated heterocycles. The normalized spacial score (nSPS) is 37.4. The van der Waals surface area contributed by atoms with E-state index in [2.05, 4.69) is 47.6 Å². The minimum Gasteiger partial charge on any atom is -0.463 e. The van der Waals surface area contributed by atoms with E-state index < -0.39 is 30.7 Å². The van der Waals surface area contributed by atoms with Crippen LogP contribution in [0.5, 0.6) is 0 Å². The van der Waals surface area contributed by atoms with Crippen molar-refractivity contribution >= 4 is 5.97 Å². The summed E-state index contributed by atoms with van der Waals surface area (Å²) >= 11 is 0. The molecule has 0 aromatic heterocycles. The first kappa shape index (κ1) is 46.1. The topological polar surface area (TPSA) is 105 Å². The number of hydrogen-bond acceptors (Lipinski definition) is 7. The van der Waals surface area contributed by atoms with E-state index >= 15 is 0 Å². The van der Waals surface area contributed by atoms with E-state index in [1.54, 1.807) is 0 Å². The summed E-state index contributed by atoms with van der Waals surface area (Å²) < 4.78 is 18.0. The van der Waals surface area contributed by atoms with Crippen LogP contribution in [0.3, 0.4) is 0 Å². The van der Waals surface area contributed by atoms with Gasteiger partial charge in [-0.25, -0.2) is 0 Å². The molecular weight excluding hydrogens is 701 g/mol. The van der Waals surface area contributed by atoms with E-state index in [-0.39, 0.29) is 24.1 Å². The van der Waals surface area contributed by atoms with E-state index in [0.29, 0.717) is 17.8 Å². The Labute approximate surface area is 342 Å². The molecule has 1 heterocycles. The summed E-state index contributed by atoms with van der Waals surface area (Å²) in [7, 11) is 0. The van der Waals surface area contributed by atoms with Gasteiger partial charge < -0.3 is 29.5 Å². The molecule has 0 bridgehead atoms. The van der Waals surface area contributed by atoms with Crippen LogP contribution in [0.25, 0.3) is 0 Å². The van der Waals surface area contributed by atoms with E-state index in [1.807, 2.05) is 0 Å². The van der Waals surface area contributed by atoms with Crippen LogP contribution in [-0.2, 0) is 19.0 Å². The maximum atomic E-state index is 12.6. The number of aliphatic hydroxyl groups excluding tert-OH is 3. The highest BCUT2D eigenvalue weighted by molar-refractivity contribution is 5.69. The summed E-state index contributed by atoms with van der Waals surface area (Å²) in [5.41, 5.74) is 2.15. The Morgan fingerprint density at radius 1 is 0.786 bits per heavy atom. The molecule has 0 amide bonds. The van der Waals surface area contributed by atoms with Gasteiger partial charge in [-0.2, -0.15) is 0 Å². The zero-order chi connectivity index (χ0) is 40.3. The molecular formula is C49H86O7. The monoisotopic (exact) mass is 787 g/mol. The molecule has 0 aromatic rings. The van der Waals surface area contributed by atoms with Gasteiger partial charge in [-0.15, -0.1) is 0 Å². The lowest BCUT2D eigenvalue weighted by molar-refractivity contribution is -0.313. The predicted octanol–water partition coefficient (Wildman–Crippen LogP) is 11.2. The standard InChI is InChI=1S/C49H86O7/c1-7-8-9-10-11-12-13-14-15-16-17-18-19-23-43(50)54-33-42-44(51)45(52)46(53)47(56-42)55-37-28-30-48(5)36(32-37)24-25-38-40-27-26-39(35(4)22-20-21-34(2)3)49(40,6)31-29-41(38)48/h24,34-35,37-42,44-47,51-53H,7-23,25-33H2,1-6H3/t35-,37+,38+,39-,40+,41+,42-,44+,45+,46-,47-,48+,49-/m1/s1. The molecule has 0 unspecified atom stereocenters. The smallest absolute Gasteiger partial charge is 0.305 e. The zero-order valence-corrected chi connectivity index (χ0v) is 36.9. The molecule has 0 radical (unpaired) electrons. The number of allylic oxidation sites excluding steroid dienone is 1. The lowest BCUT2D eigenvalue weighted by Gasteiger charge is -2.58. The molecule has 1 aliphatic heterocycles. The summed E-state index contributed by atoms with van der Waals surface area (Å²) in [6.45, 7) is 14.5. The SMILES string of the molecule is CCCCCCCCCCCCCCCC(=O)OC[C@H]1O[C@@H](O[C@H]2CC[C@@]3(C)C(=CC[C@H]4[C@@H]5CC[C@H]([C@H](C)CCCC(C)C)[C@@]5(C)CC[C@@H]43)C2)[C@H](O)[C@@H](O)[C@H]1O. The van der Waals surface area contributed by atoms with Gasteiger partial charge in [-0.3, -0.25) is 4.79 Å². The fourth-order valence-corrected chi connectivity index (χ4v) is 12.7. The number of hydrogen-bond donors (Lipinski definition) is 3. The summed E-state index contributed by atoms with van der Waals surface area (Å²) in [5.74, 6) is 4.45. The van der Waals surface area contributed by atoms with Crippen LogP contribution in [0.15, 0.2) is 11.6 Å². The van der Waals surface area contributed by atoms with Gasteiger partial charge in [0.2, 0.25) is 0 Å². The van der Waals surface area contributed by atoms with Crippen LogP contribution >= 0.6 is 0 Å². The second-order valence-electron chi connectivity index (χ2n) is 20.5. The Hall–Kier alpha value is -0.990. The molecule has 13 atom stereocenters. The number of rotatable bonds is 23. The van der Waals surface area contributed by atoms with Crippen molar-refractivity contribution in [2.75, 3.05) is 6.61 Å². The Bertz CT molecular complexity index is 1200. The quantitative estimate of drug-likeness (QED) is 0.0538. The summed E-state index contributed by atoms with van der Waals surface area (Å²) in [4.78, 5) is 12.6. The lowest BCUT2D eigenvalue weighted by atomic mass is 9.47. The van der Waals surface area contributed by atoms with Crippen LogP contribution in [0.4, 0.5) is 0 Å². The maximum Gasteiger partial charge on any atom is 0.305 e. The number of esters is 1. The van der Waals surface area contributed by atoms with Crippen LogP contribution < -0.4 is 0 Å². The first-order valence-electron chi connectivity index (χ1n) is 24.1. The Morgan fingerprint density at radius 3 is 2.11 bits per heavy atom. The molecule has 324 valence electrons. The fraction of sp³-hybridized carbons (Fsp3) is 0.939. The third kappa shape index (κ3) is 11.6. The lowest BCUT2D eigenvalue weighted by Crippen LogP contribution is -2.60. The minimum atomic E-state index is -1.44. The molecule has 7 nitrogen and oxygen atoms in total. The van der Waals surface area contributed by atoms with Gasteiger partial charge in [0, 0.05) is 6.42 Å². The van der Waals surface area contributed by atoms with Gasteiger partial charge in [0.25, 0.3) is 0 Å². The minimum absolute atomic E-state index is 0.136. The average molecular weight is 787 g/mol.